The quantitative estimate of drug-likeness (QED) is 0.250. The van der Waals surface area contributed by atoms with Crippen molar-refractivity contribution >= 4 is 33.3 Å². The highest BCUT2D eigenvalue weighted by molar-refractivity contribution is 7.99. The van der Waals surface area contributed by atoms with E-state index in [2.05, 4.69) is 46.8 Å². The van der Waals surface area contributed by atoms with Gasteiger partial charge in [0, 0.05) is 31.0 Å². The Morgan fingerprint density at radius 3 is 2.65 bits per heavy atom. The Labute approximate surface area is 191 Å². The Kier molecular flexibility index (Phi) is 9.42. The molecule has 0 unspecified atom stereocenters. The molecule has 6 nitrogen and oxygen atoms in total. The van der Waals surface area contributed by atoms with Crippen molar-refractivity contribution in [3.8, 4) is 5.75 Å². The van der Waals surface area contributed by atoms with E-state index in [0.29, 0.717) is 28.2 Å². The zero-order valence-corrected chi connectivity index (χ0v) is 19.4. The Morgan fingerprint density at radius 1 is 1.06 bits per heavy atom. The average Bonchev–Trinajstić information content (AvgIpc) is 3.17. The maximum Gasteiger partial charge on any atom is 0.305 e. The third-order valence-electron chi connectivity index (χ3n) is 5.17. The number of hydrogen-bond acceptors (Lipinski definition) is 7. The summed E-state index contributed by atoms with van der Waals surface area (Å²) in [6, 6.07) is 13.8. The van der Waals surface area contributed by atoms with E-state index in [1.54, 1.807) is 6.07 Å². The summed E-state index contributed by atoms with van der Waals surface area (Å²) in [5.41, 5.74) is 2.43. The van der Waals surface area contributed by atoms with Crippen LogP contribution in [0.4, 0.5) is 0 Å². The van der Waals surface area contributed by atoms with Gasteiger partial charge in [0.25, 0.3) is 0 Å². The summed E-state index contributed by atoms with van der Waals surface area (Å²) in [4.78, 5) is 14.0. The van der Waals surface area contributed by atoms with Crippen LogP contribution in [0.5, 0.6) is 5.75 Å². The molecule has 0 saturated carbocycles. The van der Waals surface area contributed by atoms with Crippen LogP contribution in [0, 0.1) is 0 Å². The highest BCUT2D eigenvalue weighted by atomic mass is 32.2. The largest absolute Gasteiger partial charge is 0.506 e. The van der Waals surface area contributed by atoms with Crippen molar-refractivity contribution < 1.29 is 10.2 Å². The molecule has 2 atom stereocenters. The maximum absolute atomic E-state index is 11.6. The number of fused-ring (bicyclic) bond motifs is 1. The van der Waals surface area contributed by atoms with Gasteiger partial charge in [-0.05, 0) is 36.3 Å². The summed E-state index contributed by atoms with van der Waals surface area (Å²) in [7, 11) is 0. The number of aliphatic hydroxyl groups excluding tert-OH is 1. The monoisotopic (exact) mass is 461 g/mol. The SMILES string of the molecule is C[C@H](CNCCSCCCNC[C@H](O)c1ccc(O)c2[nH]c(=O)sc12)c1ccccc1. The number of H-pyrrole nitrogens is 1. The fourth-order valence-electron chi connectivity index (χ4n) is 3.41. The van der Waals surface area contributed by atoms with Gasteiger partial charge in [0.1, 0.15) is 11.3 Å². The van der Waals surface area contributed by atoms with Gasteiger partial charge in [0.2, 0.25) is 0 Å². The molecule has 0 saturated heterocycles. The average molecular weight is 462 g/mol. The molecule has 1 heterocycles. The number of thioether (sulfide) groups is 1. The minimum absolute atomic E-state index is 0.0262. The van der Waals surface area contributed by atoms with Crippen molar-refractivity contribution in [2.45, 2.75) is 25.4 Å². The first-order chi connectivity index (χ1) is 15.1. The van der Waals surface area contributed by atoms with Crippen LogP contribution in [0.1, 0.15) is 36.5 Å². The molecule has 8 heteroatoms. The van der Waals surface area contributed by atoms with Gasteiger partial charge in [-0.25, -0.2) is 0 Å². The molecule has 1 aromatic heterocycles. The fraction of sp³-hybridized carbons (Fsp3) is 0.435. The first-order valence-corrected chi connectivity index (χ1v) is 12.6. The number of rotatable bonds is 13. The highest BCUT2D eigenvalue weighted by Crippen LogP contribution is 2.31. The molecule has 3 aromatic rings. The molecule has 0 radical (unpaired) electrons. The second-order valence-corrected chi connectivity index (χ2v) is 9.80. The van der Waals surface area contributed by atoms with Gasteiger partial charge in [-0.1, -0.05) is 54.7 Å². The van der Waals surface area contributed by atoms with Gasteiger partial charge in [0.05, 0.1) is 10.8 Å². The zero-order chi connectivity index (χ0) is 22.1. The number of aromatic amines is 1. The lowest BCUT2D eigenvalue weighted by Gasteiger charge is -2.14. The van der Waals surface area contributed by atoms with E-state index in [1.807, 2.05) is 17.8 Å². The van der Waals surface area contributed by atoms with E-state index >= 15 is 0 Å². The highest BCUT2D eigenvalue weighted by Gasteiger charge is 2.15. The summed E-state index contributed by atoms with van der Waals surface area (Å²) in [6.07, 6.45) is 0.304. The summed E-state index contributed by atoms with van der Waals surface area (Å²) < 4.78 is 0.615. The van der Waals surface area contributed by atoms with Gasteiger partial charge >= 0.3 is 4.87 Å². The lowest BCUT2D eigenvalue weighted by atomic mass is 10.0. The van der Waals surface area contributed by atoms with E-state index in [1.165, 1.54) is 11.6 Å². The molecule has 0 spiro atoms. The fourth-order valence-corrected chi connectivity index (χ4v) is 5.17. The minimum Gasteiger partial charge on any atom is -0.506 e. The molecule has 0 fully saturated rings. The van der Waals surface area contributed by atoms with Crippen molar-refractivity contribution in [2.24, 2.45) is 0 Å². The van der Waals surface area contributed by atoms with Gasteiger partial charge in [0.15, 0.2) is 0 Å². The first-order valence-electron chi connectivity index (χ1n) is 10.6. The van der Waals surface area contributed by atoms with Gasteiger partial charge in [-0.3, -0.25) is 4.79 Å². The first kappa shape index (κ1) is 23.8. The van der Waals surface area contributed by atoms with Crippen LogP contribution in [-0.4, -0.2) is 52.9 Å². The molecule has 3 rings (SSSR count). The molecule has 2 aromatic carbocycles. The van der Waals surface area contributed by atoms with Crippen molar-refractivity contribution in [1.82, 2.24) is 15.6 Å². The lowest BCUT2D eigenvalue weighted by Crippen LogP contribution is -2.24. The number of hydrogen-bond donors (Lipinski definition) is 5. The number of thiazole rings is 1. The molecule has 0 aliphatic heterocycles. The van der Waals surface area contributed by atoms with E-state index in [-0.39, 0.29) is 10.6 Å². The summed E-state index contributed by atoms with van der Waals surface area (Å²) in [5.74, 6) is 2.70. The van der Waals surface area contributed by atoms with E-state index in [4.69, 9.17) is 0 Å². The third-order valence-corrected chi connectivity index (χ3v) is 7.17. The molecule has 0 amide bonds. The number of benzene rings is 2. The van der Waals surface area contributed by atoms with Gasteiger partial charge in [-0.2, -0.15) is 11.8 Å². The molecule has 31 heavy (non-hydrogen) atoms. The second-order valence-electron chi connectivity index (χ2n) is 7.59. The Balaban J connectivity index is 1.25. The van der Waals surface area contributed by atoms with Crippen molar-refractivity contribution in [3.05, 3.63) is 63.3 Å². The van der Waals surface area contributed by atoms with E-state index in [9.17, 15) is 15.0 Å². The van der Waals surface area contributed by atoms with Crippen molar-refractivity contribution in [3.63, 3.8) is 0 Å². The van der Waals surface area contributed by atoms with Gasteiger partial charge < -0.3 is 25.8 Å². The minimum atomic E-state index is -0.724. The normalized spacial score (nSPS) is 13.5. The number of aliphatic hydroxyl groups is 1. The summed E-state index contributed by atoms with van der Waals surface area (Å²) in [6.45, 7) is 5.48. The topological polar surface area (TPSA) is 97.4 Å². The maximum atomic E-state index is 11.6. The predicted octanol–water partition coefficient (Wildman–Crippen LogP) is 3.43. The molecule has 0 aliphatic carbocycles. The summed E-state index contributed by atoms with van der Waals surface area (Å²) in [5, 5.41) is 27.1. The summed E-state index contributed by atoms with van der Waals surface area (Å²) >= 11 is 2.94. The number of phenols is 1. The van der Waals surface area contributed by atoms with E-state index in [0.717, 1.165) is 48.9 Å². The molecule has 5 N–H and O–H groups in total. The van der Waals surface area contributed by atoms with Crippen LogP contribution < -0.4 is 15.5 Å². The Hall–Kier alpha value is -1.84. The molecular formula is C23H31N3O3S2. The number of aromatic nitrogens is 1. The molecule has 0 aliphatic rings. The van der Waals surface area contributed by atoms with Crippen molar-refractivity contribution in [1.29, 1.82) is 0 Å². The van der Waals surface area contributed by atoms with Gasteiger partial charge in [-0.15, -0.1) is 0 Å². The predicted molar refractivity (Wildman–Crippen MR) is 132 cm³/mol. The third kappa shape index (κ3) is 7.08. The molecule has 168 valence electrons. The van der Waals surface area contributed by atoms with E-state index < -0.39 is 6.10 Å². The van der Waals surface area contributed by atoms with Crippen LogP contribution in [0.25, 0.3) is 10.2 Å². The van der Waals surface area contributed by atoms with Crippen LogP contribution in [-0.2, 0) is 0 Å². The van der Waals surface area contributed by atoms with Crippen LogP contribution >= 0.6 is 23.1 Å². The standard InChI is InChI=1S/C23H31N3O3S2/c1-16(17-6-3-2-4-7-17)14-25-11-13-30-12-5-10-24-15-20(28)18-8-9-19(27)21-22(18)31-23(29)26-21/h2-4,6-9,16,20,24-25,27-28H,5,10-15H2,1H3,(H,26,29)/t16-,20+/m1/s1. The van der Waals surface area contributed by atoms with Crippen LogP contribution in [0.2, 0.25) is 0 Å². The lowest BCUT2D eigenvalue weighted by molar-refractivity contribution is 0.176. The van der Waals surface area contributed by atoms with Crippen molar-refractivity contribution in [2.75, 3.05) is 37.7 Å². The Bertz CT molecular complexity index is 991. The molecule has 0 bridgehead atoms. The van der Waals surface area contributed by atoms with Crippen LogP contribution in [0.3, 0.4) is 0 Å². The Morgan fingerprint density at radius 2 is 1.84 bits per heavy atom. The molecular weight excluding hydrogens is 430 g/mol. The smallest absolute Gasteiger partial charge is 0.305 e. The van der Waals surface area contributed by atoms with Crippen LogP contribution in [0.15, 0.2) is 47.3 Å². The zero-order valence-electron chi connectivity index (χ0n) is 17.8. The number of phenolic OH excluding ortho intramolecular Hbond substituents is 1. The number of aromatic hydroxyl groups is 1. The number of nitrogens with one attached hydrogen (secondary N) is 3. The second kappa shape index (κ2) is 12.3.